The van der Waals surface area contributed by atoms with E-state index in [2.05, 4.69) is 4.72 Å². The summed E-state index contributed by atoms with van der Waals surface area (Å²) in [5, 5.41) is 0.425. The van der Waals surface area contributed by atoms with Crippen molar-refractivity contribution in [2.75, 3.05) is 13.2 Å². The van der Waals surface area contributed by atoms with Crippen LogP contribution in [0, 0.1) is 0 Å². The number of hydrogen-bond donors (Lipinski definition) is 2. The monoisotopic (exact) mass is 338 g/mol. The maximum absolute atomic E-state index is 12.5. The average molecular weight is 339 g/mol. The first-order valence-electron chi connectivity index (χ1n) is 6.07. The zero-order valence-electron chi connectivity index (χ0n) is 10.9. The third-order valence-electron chi connectivity index (χ3n) is 3.21. The standard InChI is InChI=1S/C12H16Cl2N2O3S/c1-12(2-3-19-7-12)16-20(17,18)11-4-8(6-15)9(13)5-10(11)14/h4-5,16H,2-3,6-7,15H2,1H3. The van der Waals surface area contributed by atoms with Crippen molar-refractivity contribution in [3.63, 3.8) is 0 Å². The summed E-state index contributed by atoms with van der Waals surface area (Å²) in [7, 11) is -3.76. The van der Waals surface area contributed by atoms with Crippen LogP contribution in [-0.2, 0) is 21.3 Å². The minimum absolute atomic E-state index is 0.0165. The molecule has 1 atom stereocenters. The highest BCUT2D eigenvalue weighted by atomic mass is 35.5. The molecule has 0 bridgehead atoms. The lowest BCUT2D eigenvalue weighted by atomic mass is 10.0. The molecule has 2 rings (SSSR count). The van der Waals surface area contributed by atoms with Crippen LogP contribution in [0.1, 0.15) is 18.9 Å². The smallest absolute Gasteiger partial charge is 0.242 e. The number of nitrogens with two attached hydrogens (primary N) is 1. The number of ether oxygens (including phenoxy) is 1. The van der Waals surface area contributed by atoms with E-state index in [1.807, 2.05) is 0 Å². The number of benzene rings is 1. The summed E-state index contributed by atoms with van der Waals surface area (Å²) >= 11 is 11.9. The Balaban J connectivity index is 2.39. The van der Waals surface area contributed by atoms with Gasteiger partial charge < -0.3 is 10.5 Å². The highest BCUT2D eigenvalue weighted by Gasteiger charge is 2.35. The van der Waals surface area contributed by atoms with E-state index in [4.69, 9.17) is 33.7 Å². The van der Waals surface area contributed by atoms with Crippen molar-refractivity contribution in [1.82, 2.24) is 4.72 Å². The van der Waals surface area contributed by atoms with Gasteiger partial charge in [0.25, 0.3) is 0 Å². The molecule has 1 aromatic carbocycles. The van der Waals surface area contributed by atoms with Gasteiger partial charge in [0.2, 0.25) is 10.0 Å². The quantitative estimate of drug-likeness (QED) is 0.878. The third-order valence-corrected chi connectivity index (χ3v) is 5.66. The van der Waals surface area contributed by atoms with Gasteiger partial charge >= 0.3 is 0 Å². The van der Waals surface area contributed by atoms with Crippen molar-refractivity contribution in [3.05, 3.63) is 27.7 Å². The molecule has 0 aromatic heterocycles. The summed E-state index contributed by atoms with van der Waals surface area (Å²) in [6.07, 6.45) is 0.612. The lowest BCUT2D eigenvalue weighted by Gasteiger charge is -2.23. The van der Waals surface area contributed by atoms with Crippen LogP contribution in [0.3, 0.4) is 0 Å². The summed E-state index contributed by atoms with van der Waals surface area (Å²) in [5.41, 5.74) is 5.45. The van der Waals surface area contributed by atoms with Gasteiger partial charge in [-0.1, -0.05) is 23.2 Å². The van der Waals surface area contributed by atoms with Crippen molar-refractivity contribution in [3.8, 4) is 0 Å². The van der Waals surface area contributed by atoms with Crippen molar-refractivity contribution in [2.24, 2.45) is 5.73 Å². The topological polar surface area (TPSA) is 81.4 Å². The Morgan fingerprint density at radius 2 is 2.10 bits per heavy atom. The first-order chi connectivity index (χ1) is 9.27. The molecule has 1 aliphatic rings. The summed E-state index contributed by atoms with van der Waals surface area (Å²) in [6.45, 7) is 2.80. The number of sulfonamides is 1. The van der Waals surface area contributed by atoms with Crippen LogP contribution in [0.2, 0.25) is 10.0 Å². The fraction of sp³-hybridized carbons (Fsp3) is 0.500. The van der Waals surface area contributed by atoms with E-state index in [1.54, 1.807) is 6.92 Å². The predicted molar refractivity (Wildman–Crippen MR) is 78.5 cm³/mol. The molecule has 20 heavy (non-hydrogen) atoms. The van der Waals surface area contributed by atoms with Gasteiger partial charge in [-0.15, -0.1) is 0 Å². The summed E-state index contributed by atoms with van der Waals surface area (Å²) < 4.78 is 32.8. The van der Waals surface area contributed by atoms with Crippen LogP contribution in [0.15, 0.2) is 17.0 Å². The summed E-state index contributed by atoms with van der Waals surface area (Å²) in [4.78, 5) is -0.0165. The van der Waals surface area contributed by atoms with Crippen LogP contribution >= 0.6 is 23.2 Å². The van der Waals surface area contributed by atoms with Crippen molar-refractivity contribution < 1.29 is 13.2 Å². The van der Waals surface area contributed by atoms with Crippen LogP contribution in [0.5, 0.6) is 0 Å². The SMILES string of the molecule is CC1(NS(=O)(=O)c2cc(CN)c(Cl)cc2Cl)CCOC1. The van der Waals surface area contributed by atoms with E-state index in [9.17, 15) is 8.42 Å². The van der Waals surface area contributed by atoms with Gasteiger partial charge in [0, 0.05) is 18.2 Å². The number of hydrogen-bond acceptors (Lipinski definition) is 4. The molecule has 0 saturated carbocycles. The molecule has 3 N–H and O–H groups in total. The third kappa shape index (κ3) is 3.27. The van der Waals surface area contributed by atoms with Gasteiger partial charge in [-0.3, -0.25) is 0 Å². The highest BCUT2D eigenvalue weighted by molar-refractivity contribution is 7.89. The Kier molecular flexibility index (Phi) is 4.63. The lowest BCUT2D eigenvalue weighted by Crippen LogP contribution is -2.46. The molecule has 1 saturated heterocycles. The van der Waals surface area contributed by atoms with Gasteiger partial charge in [0.05, 0.1) is 17.2 Å². The van der Waals surface area contributed by atoms with E-state index in [0.29, 0.717) is 30.2 Å². The van der Waals surface area contributed by atoms with Crippen LogP contribution in [-0.4, -0.2) is 27.2 Å². The Morgan fingerprint density at radius 3 is 2.65 bits per heavy atom. The first kappa shape index (κ1) is 16.0. The average Bonchev–Trinajstić information content (AvgIpc) is 2.74. The number of halogens is 2. The van der Waals surface area contributed by atoms with Gasteiger partial charge in [0.1, 0.15) is 4.90 Å². The maximum Gasteiger partial charge on any atom is 0.242 e. The molecule has 0 aliphatic carbocycles. The molecule has 1 unspecified atom stereocenters. The van der Waals surface area contributed by atoms with Crippen LogP contribution < -0.4 is 10.5 Å². The fourth-order valence-corrected chi connectivity index (χ4v) is 4.36. The van der Waals surface area contributed by atoms with Gasteiger partial charge in [-0.2, -0.15) is 0 Å². The fourth-order valence-electron chi connectivity index (χ4n) is 2.06. The Bertz CT molecular complexity index is 613. The van der Waals surface area contributed by atoms with Crippen molar-refractivity contribution in [1.29, 1.82) is 0 Å². The minimum Gasteiger partial charge on any atom is -0.379 e. The molecular weight excluding hydrogens is 323 g/mol. The molecule has 0 spiro atoms. The second-order valence-electron chi connectivity index (χ2n) is 5.05. The normalized spacial score (nSPS) is 23.2. The molecule has 0 amide bonds. The lowest BCUT2D eigenvalue weighted by molar-refractivity contribution is 0.178. The molecule has 8 heteroatoms. The number of rotatable bonds is 4. The first-order valence-corrected chi connectivity index (χ1v) is 8.31. The molecule has 1 fully saturated rings. The van der Waals surface area contributed by atoms with Gasteiger partial charge in [-0.25, -0.2) is 13.1 Å². The summed E-state index contributed by atoms with van der Waals surface area (Å²) in [6, 6.07) is 2.81. The van der Waals surface area contributed by atoms with E-state index in [1.165, 1.54) is 12.1 Å². The van der Waals surface area contributed by atoms with Crippen molar-refractivity contribution >= 4 is 33.2 Å². The Morgan fingerprint density at radius 1 is 1.40 bits per heavy atom. The molecule has 1 aliphatic heterocycles. The largest absolute Gasteiger partial charge is 0.379 e. The summed E-state index contributed by atoms with van der Waals surface area (Å²) in [5.74, 6) is 0. The molecule has 1 heterocycles. The van der Waals surface area contributed by atoms with Crippen LogP contribution in [0.4, 0.5) is 0 Å². The Hall–Kier alpha value is -0.370. The number of nitrogens with one attached hydrogen (secondary N) is 1. The van der Waals surface area contributed by atoms with E-state index >= 15 is 0 Å². The van der Waals surface area contributed by atoms with E-state index < -0.39 is 15.6 Å². The zero-order chi connectivity index (χ0) is 15.0. The molecule has 5 nitrogen and oxygen atoms in total. The van der Waals surface area contributed by atoms with E-state index in [-0.39, 0.29) is 16.5 Å². The predicted octanol–water partition coefficient (Wildman–Crippen LogP) is 1.91. The maximum atomic E-state index is 12.5. The highest BCUT2D eigenvalue weighted by Crippen LogP contribution is 2.30. The van der Waals surface area contributed by atoms with Gasteiger partial charge in [-0.05, 0) is 31.0 Å². The molecule has 112 valence electrons. The Labute approximate surface area is 128 Å². The van der Waals surface area contributed by atoms with E-state index in [0.717, 1.165) is 0 Å². The van der Waals surface area contributed by atoms with Gasteiger partial charge in [0.15, 0.2) is 0 Å². The van der Waals surface area contributed by atoms with Crippen LogP contribution in [0.25, 0.3) is 0 Å². The molecule has 1 aromatic rings. The minimum atomic E-state index is -3.76. The molecular formula is C12H16Cl2N2O3S. The molecule has 0 radical (unpaired) electrons. The van der Waals surface area contributed by atoms with Crippen molar-refractivity contribution in [2.45, 2.75) is 30.3 Å². The second kappa shape index (κ2) is 5.79. The zero-order valence-corrected chi connectivity index (χ0v) is 13.3. The second-order valence-corrected chi connectivity index (χ2v) is 7.51.